The van der Waals surface area contributed by atoms with Crippen LogP contribution in [-0.2, 0) is 10.2 Å². The number of benzene rings is 1. The van der Waals surface area contributed by atoms with Gasteiger partial charge in [0.2, 0.25) is 0 Å². The van der Waals surface area contributed by atoms with E-state index in [1.165, 1.54) is 0 Å². The first-order valence-corrected chi connectivity index (χ1v) is 10.5. The Labute approximate surface area is 166 Å². The Bertz CT molecular complexity index is 980. The summed E-state index contributed by atoms with van der Waals surface area (Å²) in [7, 11) is 0. The van der Waals surface area contributed by atoms with Gasteiger partial charge in [0.15, 0.2) is 5.78 Å². The monoisotopic (exact) mass is 387 g/mol. The Morgan fingerprint density at radius 2 is 1.41 bits per heavy atom. The summed E-state index contributed by atoms with van der Waals surface area (Å²) in [5.74, 6) is 0.0543. The summed E-state index contributed by atoms with van der Waals surface area (Å²) < 4.78 is 0. The van der Waals surface area contributed by atoms with Crippen molar-refractivity contribution in [3.63, 3.8) is 0 Å². The van der Waals surface area contributed by atoms with Gasteiger partial charge in [-0.2, -0.15) is 5.26 Å². The average molecular weight is 388 g/mol. The van der Waals surface area contributed by atoms with Crippen LogP contribution in [0.3, 0.4) is 0 Å². The standard InChI is InChI=1S/C23H17NOS2/c24-16-23(19-6-2-1-3-7-19)14-17(12-20-8-4-10-26-20)22(25)18(15-23)13-21-9-5-11-27-21/h1-13H,14-15H2. The average Bonchev–Trinajstić information content (AvgIpc) is 3.40. The highest BCUT2D eigenvalue weighted by molar-refractivity contribution is 7.11. The lowest BCUT2D eigenvalue weighted by atomic mass is 9.66. The highest BCUT2D eigenvalue weighted by Crippen LogP contribution is 2.43. The molecular formula is C23H17NOS2. The quantitative estimate of drug-likeness (QED) is 0.509. The van der Waals surface area contributed by atoms with E-state index >= 15 is 0 Å². The van der Waals surface area contributed by atoms with Crippen LogP contribution in [0.15, 0.2) is 76.5 Å². The topological polar surface area (TPSA) is 40.9 Å². The van der Waals surface area contributed by atoms with Gasteiger partial charge in [-0.15, -0.1) is 22.7 Å². The second-order valence-corrected chi connectivity index (χ2v) is 8.57. The summed E-state index contributed by atoms with van der Waals surface area (Å²) in [6.45, 7) is 0. The van der Waals surface area contributed by atoms with Gasteiger partial charge in [0.25, 0.3) is 0 Å². The summed E-state index contributed by atoms with van der Waals surface area (Å²) in [4.78, 5) is 15.3. The maximum atomic E-state index is 13.2. The van der Waals surface area contributed by atoms with Gasteiger partial charge in [-0.05, 0) is 53.4 Å². The predicted octanol–water partition coefficient (Wildman–Crippen LogP) is 6.10. The van der Waals surface area contributed by atoms with Crippen molar-refractivity contribution < 1.29 is 4.79 Å². The van der Waals surface area contributed by atoms with E-state index in [2.05, 4.69) is 6.07 Å². The number of nitriles is 1. The Kier molecular flexibility index (Phi) is 4.89. The molecular weight excluding hydrogens is 370 g/mol. The van der Waals surface area contributed by atoms with Crippen molar-refractivity contribution in [2.24, 2.45) is 0 Å². The molecule has 2 aromatic heterocycles. The molecule has 2 nitrogen and oxygen atoms in total. The first-order valence-electron chi connectivity index (χ1n) is 8.70. The third-order valence-corrected chi connectivity index (χ3v) is 6.47. The molecule has 0 N–H and O–H groups in total. The first kappa shape index (κ1) is 17.7. The highest BCUT2D eigenvalue weighted by atomic mass is 32.1. The fraction of sp³-hybridized carbons (Fsp3) is 0.130. The lowest BCUT2D eigenvalue weighted by Crippen LogP contribution is -2.33. The number of thiophene rings is 2. The predicted molar refractivity (Wildman–Crippen MR) is 113 cm³/mol. The van der Waals surface area contributed by atoms with Crippen molar-refractivity contribution in [3.8, 4) is 6.07 Å². The number of allylic oxidation sites excluding steroid dienone is 2. The summed E-state index contributed by atoms with van der Waals surface area (Å²) in [5.41, 5.74) is 1.66. The van der Waals surface area contributed by atoms with Crippen molar-refractivity contribution in [3.05, 3.63) is 91.8 Å². The molecule has 0 aliphatic heterocycles. The lowest BCUT2D eigenvalue weighted by Gasteiger charge is -2.33. The number of nitrogens with zero attached hydrogens (tertiary/aromatic N) is 1. The number of Topliss-reactive ketones (excluding diaryl/α,β-unsaturated/α-hetero) is 1. The Morgan fingerprint density at radius 1 is 0.852 bits per heavy atom. The van der Waals surface area contributed by atoms with Crippen molar-refractivity contribution in [1.82, 2.24) is 0 Å². The zero-order valence-corrected chi connectivity index (χ0v) is 16.2. The van der Waals surface area contributed by atoms with Crippen molar-refractivity contribution >= 4 is 40.6 Å². The van der Waals surface area contributed by atoms with Crippen LogP contribution in [0.25, 0.3) is 12.2 Å². The van der Waals surface area contributed by atoms with E-state index in [1.54, 1.807) is 22.7 Å². The molecule has 0 radical (unpaired) electrons. The number of hydrogen-bond acceptors (Lipinski definition) is 4. The fourth-order valence-electron chi connectivity index (χ4n) is 3.51. The van der Waals surface area contributed by atoms with E-state index < -0.39 is 5.41 Å². The van der Waals surface area contributed by atoms with E-state index in [0.29, 0.717) is 24.0 Å². The molecule has 1 aliphatic rings. The molecule has 0 amide bonds. The molecule has 27 heavy (non-hydrogen) atoms. The molecule has 1 aliphatic carbocycles. The minimum Gasteiger partial charge on any atom is -0.289 e. The molecule has 4 heteroatoms. The zero-order chi connectivity index (χ0) is 18.7. The number of hydrogen-bond donors (Lipinski definition) is 0. The minimum absolute atomic E-state index is 0.0543. The maximum Gasteiger partial charge on any atom is 0.185 e. The molecule has 4 rings (SSSR count). The Balaban J connectivity index is 1.84. The van der Waals surface area contributed by atoms with Crippen molar-refractivity contribution in [2.45, 2.75) is 18.3 Å². The van der Waals surface area contributed by atoms with Gasteiger partial charge in [0.05, 0.1) is 11.5 Å². The summed E-state index contributed by atoms with van der Waals surface area (Å²) in [6.07, 6.45) is 4.77. The van der Waals surface area contributed by atoms with Gasteiger partial charge < -0.3 is 0 Å². The minimum atomic E-state index is -0.721. The number of carbonyl (C=O) groups is 1. The maximum absolute atomic E-state index is 13.2. The fourth-order valence-corrected chi connectivity index (χ4v) is 4.87. The zero-order valence-electron chi connectivity index (χ0n) is 14.6. The van der Waals surface area contributed by atoms with Crippen LogP contribution >= 0.6 is 22.7 Å². The van der Waals surface area contributed by atoms with Gasteiger partial charge in [0.1, 0.15) is 0 Å². The van der Waals surface area contributed by atoms with Crippen molar-refractivity contribution in [1.29, 1.82) is 5.26 Å². The third kappa shape index (κ3) is 3.57. The molecule has 0 saturated heterocycles. The molecule has 0 unspecified atom stereocenters. The summed E-state index contributed by atoms with van der Waals surface area (Å²) >= 11 is 3.20. The number of carbonyl (C=O) groups excluding carboxylic acids is 1. The van der Waals surface area contributed by atoms with Gasteiger partial charge in [0, 0.05) is 20.9 Å². The molecule has 1 saturated carbocycles. The van der Waals surface area contributed by atoms with Gasteiger partial charge >= 0.3 is 0 Å². The van der Waals surface area contributed by atoms with Crippen LogP contribution in [0.4, 0.5) is 0 Å². The molecule has 0 atom stereocenters. The SMILES string of the molecule is N#CC1(c2ccccc2)CC(=Cc2cccs2)C(=O)C(=Cc2cccs2)C1. The van der Waals surface area contributed by atoms with E-state index in [4.69, 9.17) is 0 Å². The van der Waals surface area contributed by atoms with E-state index in [0.717, 1.165) is 15.3 Å². The molecule has 0 bridgehead atoms. The van der Waals surface area contributed by atoms with Crippen LogP contribution in [-0.4, -0.2) is 5.78 Å². The smallest absolute Gasteiger partial charge is 0.185 e. The normalized spacial score (nSPS) is 22.9. The first-order chi connectivity index (χ1) is 13.2. The van der Waals surface area contributed by atoms with Gasteiger partial charge in [-0.1, -0.05) is 42.5 Å². The van der Waals surface area contributed by atoms with E-state index in [9.17, 15) is 10.1 Å². The second-order valence-electron chi connectivity index (χ2n) is 6.61. The third-order valence-electron chi connectivity index (χ3n) is 4.83. The van der Waals surface area contributed by atoms with Gasteiger partial charge in [-0.3, -0.25) is 4.79 Å². The van der Waals surface area contributed by atoms with Crippen molar-refractivity contribution in [2.75, 3.05) is 0 Å². The number of ketones is 1. The van der Waals surface area contributed by atoms with Crippen LogP contribution in [0.1, 0.15) is 28.2 Å². The second kappa shape index (κ2) is 7.48. The molecule has 2 heterocycles. The van der Waals surface area contributed by atoms with Crippen LogP contribution in [0.2, 0.25) is 0 Å². The Morgan fingerprint density at radius 3 is 1.85 bits per heavy atom. The van der Waals surface area contributed by atoms with Gasteiger partial charge in [-0.25, -0.2) is 0 Å². The van der Waals surface area contributed by atoms with E-state index in [-0.39, 0.29) is 5.78 Å². The molecule has 3 aromatic rings. The Hall–Kier alpha value is -2.74. The van der Waals surface area contributed by atoms with Crippen LogP contribution < -0.4 is 0 Å². The van der Waals surface area contributed by atoms with Crippen LogP contribution in [0.5, 0.6) is 0 Å². The molecule has 0 spiro atoms. The lowest BCUT2D eigenvalue weighted by molar-refractivity contribution is -0.113. The summed E-state index contributed by atoms with van der Waals surface area (Å²) in [6, 6.07) is 20.3. The highest BCUT2D eigenvalue weighted by Gasteiger charge is 2.41. The molecule has 132 valence electrons. The molecule has 1 fully saturated rings. The molecule has 1 aromatic carbocycles. The van der Waals surface area contributed by atoms with Crippen LogP contribution in [0, 0.1) is 11.3 Å². The van der Waals surface area contributed by atoms with E-state index in [1.807, 2.05) is 77.5 Å². The summed E-state index contributed by atoms with van der Waals surface area (Å²) in [5, 5.41) is 14.2. The largest absolute Gasteiger partial charge is 0.289 e. The number of rotatable bonds is 3.